The van der Waals surface area contributed by atoms with Gasteiger partial charge in [0.1, 0.15) is 11.8 Å². The Hall–Kier alpha value is -3.18. The summed E-state index contributed by atoms with van der Waals surface area (Å²) in [6.45, 7) is 5.58. The molecule has 176 valence electrons. The number of oxime groups is 1. The van der Waals surface area contributed by atoms with Crippen molar-refractivity contribution in [2.24, 2.45) is 11.1 Å². The van der Waals surface area contributed by atoms with Gasteiger partial charge in [0.2, 0.25) is 5.60 Å². The second-order valence-corrected chi connectivity index (χ2v) is 8.70. The van der Waals surface area contributed by atoms with Crippen LogP contribution in [0.2, 0.25) is 0 Å². The molecule has 0 spiro atoms. The maximum Gasteiger partial charge on any atom is 0.475 e. The summed E-state index contributed by atoms with van der Waals surface area (Å²) in [5.41, 5.74) is 0.746. The SMILES string of the molecule is Cc1nocc1C(=O)NCC1=NOC(Cc2ccccc2)(C(=O)N[C@@H](CC(C)C)B(O)O)C1. The second kappa shape index (κ2) is 10.6. The van der Waals surface area contributed by atoms with Crippen molar-refractivity contribution in [2.45, 2.75) is 51.6 Å². The Morgan fingerprint density at radius 1 is 1.24 bits per heavy atom. The van der Waals surface area contributed by atoms with Gasteiger partial charge in [-0.1, -0.05) is 54.5 Å². The maximum atomic E-state index is 13.3. The van der Waals surface area contributed by atoms with Gasteiger partial charge < -0.3 is 30.0 Å². The van der Waals surface area contributed by atoms with Gasteiger partial charge in [0.15, 0.2) is 0 Å². The zero-order valence-electron chi connectivity index (χ0n) is 18.9. The van der Waals surface area contributed by atoms with Gasteiger partial charge in [0.05, 0.1) is 23.9 Å². The van der Waals surface area contributed by atoms with Crippen LogP contribution in [-0.2, 0) is 16.1 Å². The van der Waals surface area contributed by atoms with Gasteiger partial charge in [-0.05, 0) is 24.8 Å². The van der Waals surface area contributed by atoms with Crippen molar-refractivity contribution in [3.05, 3.63) is 53.4 Å². The number of aromatic nitrogens is 1. The fourth-order valence-electron chi connectivity index (χ4n) is 3.71. The van der Waals surface area contributed by atoms with Gasteiger partial charge in [-0.15, -0.1) is 0 Å². The molecular formula is C22H29BN4O6. The Labute approximate surface area is 192 Å². The molecule has 1 unspecified atom stereocenters. The molecule has 3 rings (SSSR count). The van der Waals surface area contributed by atoms with Crippen molar-refractivity contribution in [2.75, 3.05) is 6.54 Å². The normalized spacial score (nSPS) is 18.4. The highest BCUT2D eigenvalue weighted by atomic mass is 16.7. The molecule has 11 heteroatoms. The van der Waals surface area contributed by atoms with E-state index in [2.05, 4.69) is 20.9 Å². The van der Waals surface area contributed by atoms with Gasteiger partial charge in [-0.3, -0.25) is 9.59 Å². The number of benzene rings is 1. The number of hydrogen-bond acceptors (Lipinski definition) is 8. The average molecular weight is 456 g/mol. The van der Waals surface area contributed by atoms with E-state index >= 15 is 0 Å². The number of carbonyl (C=O) groups is 2. The van der Waals surface area contributed by atoms with E-state index in [1.165, 1.54) is 6.26 Å². The van der Waals surface area contributed by atoms with Crippen molar-refractivity contribution in [3.63, 3.8) is 0 Å². The molecule has 2 heterocycles. The summed E-state index contributed by atoms with van der Waals surface area (Å²) in [5, 5.41) is 32.7. The molecule has 2 aromatic rings. The Morgan fingerprint density at radius 3 is 2.58 bits per heavy atom. The van der Waals surface area contributed by atoms with Gasteiger partial charge in [-0.25, -0.2) is 0 Å². The zero-order valence-corrected chi connectivity index (χ0v) is 18.9. The summed E-state index contributed by atoms with van der Waals surface area (Å²) >= 11 is 0. The molecule has 1 aliphatic rings. The van der Waals surface area contributed by atoms with Crippen LogP contribution in [0.3, 0.4) is 0 Å². The van der Waals surface area contributed by atoms with E-state index < -0.39 is 24.6 Å². The monoisotopic (exact) mass is 456 g/mol. The van der Waals surface area contributed by atoms with Crippen LogP contribution in [0.1, 0.15) is 48.3 Å². The summed E-state index contributed by atoms with van der Waals surface area (Å²) in [6, 6.07) is 9.34. The third-order valence-electron chi connectivity index (χ3n) is 5.43. The molecule has 33 heavy (non-hydrogen) atoms. The number of rotatable bonds is 10. The van der Waals surface area contributed by atoms with Gasteiger partial charge in [0.25, 0.3) is 11.8 Å². The first-order valence-corrected chi connectivity index (χ1v) is 10.8. The summed E-state index contributed by atoms with van der Waals surface area (Å²) in [7, 11) is -1.71. The van der Waals surface area contributed by atoms with E-state index in [-0.39, 0.29) is 31.2 Å². The Bertz CT molecular complexity index is 994. The summed E-state index contributed by atoms with van der Waals surface area (Å²) < 4.78 is 4.79. The highest BCUT2D eigenvalue weighted by Gasteiger charge is 2.48. The van der Waals surface area contributed by atoms with E-state index in [4.69, 9.17) is 9.36 Å². The molecule has 1 aromatic carbocycles. The molecule has 2 amide bonds. The largest absolute Gasteiger partial charge is 0.475 e. The third-order valence-corrected chi connectivity index (χ3v) is 5.43. The Kier molecular flexibility index (Phi) is 7.88. The third kappa shape index (κ3) is 6.20. The van der Waals surface area contributed by atoms with Crippen LogP contribution in [0.4, 0.5) is 0 Å². The second-order valence-electron chi connectivity index (χ2n) is 8.70. The molecule has 0 aliphatic carbocycles. The quantitative estimate of drug-likeness (QED) is 0.391. The van der Waals surface area contributed by atoms with E-state index in [0.29, 0.717) is 23.4 Å². The van der Waals surface area contributed by atoms with E-state index in [9.17, 15) is 19.6 Å². The van der Waals surface area contributed by atoms with Crippen LogP contribution in [0.25, 0.3) is 0 Å². The molecule has 1 aliphatic heterocycles. The lowest BCUT2D eigenvalue weighted by molar-refractivity contribution is -0.144. The molecule has 4 N–H and O–H groups in total. The highest BCUT2D eigenvalue weighted by Crippen LogP contribution is 2.29. The van der Waals surface area contributed by atoms with E-state index in [1.807, 2.05) is 44.2 Å². The minimum absolute atomic E-state index is 0.0747. The van der Waals surface area contributed by atoms with Gasteiger partial charge in [0, 0.05) is 12.8 Å². The standard InChI is InChI=1S/C22H29BN4O6/c1-14(2)9-19(23(30)31)25-21(29)22(10-16-7-5-4-6-8-16)11-17(27-33-22)12-24-20(28)18-13-32-26-15(18)3/h4-8,13-14,19,30-31H,9-12H2,1-3H3,(H,24,28)(H,25,29)/t19-,22?/m0/s1. The topological polar surface area (TPSA) is 146 Å². The van der Waals surface area contributed by atoms with Crippen molar-refractivity contribution < 1.29 is 29.0 Å². The number of carbonyl (C=O) groups excluding carboxylic acids is 2. The van der Waals surface area contributed by atoms with Crippen LogP contribution in [0.15, 0.2) is 46.3 Å². The first-order valence-electron chi connectivity index (χ1n) is 10.8. The molecule has 0 fully saturated rings. The zero-order chi connectivity index (χ0) is 24.0. The summed E-state index contributed by atoms with van der Waals surface area (Å²) in [6.07, 6.45) is 2.00. The maximum absolute atomic E-state index is 13.3. The molecule has 2 atom stereocenters. The molecule has 0 bridgehead atoms. The smallest absolute Gasteiger partial charge is 0.426 e. The van der Waals surface area contributed by atoms with Gasteiger partial charge in [-0.2, -0.15) is 0 Å². The van der Waals surface area contributed by atoms with E-state index in [1.54, 1.807) is 6.92 Å². The lowest BCUT2D eigenvalue weighted by Gasteiger charge is -2.29. The fraction of sp³-hybridized carbons (Fsp3) is 0.455. The number of nitrogens with one attached hydrogen (secondary N) is 2. The van der Waals surface area contributed by atoms with Crippen LogP contribution < -0.4 is 10.6 Å². The van der Waals surface area contributed by atoms with Crippen LogP contribution >= 0.6 is 0 Å². The van der Waals surface area contributed by atoms with Crippen molar-refractivity contribution in [3.8, 4) is 0 Å². The highest BCUT2D eigenvalue weighted by molar-refractivity contribution is 6.43. The molecule has 10 nitrogen and oxygen atoms in total. The minimum atomic E-state index is -1.71. The van der Waals surface area contributed by atoms with Crippen molar-refractivity contribution >= 4 is 24.6 Å². The van der Waals surface area contributed by atoms with Crippen molar-refractivity contribution in [1.29, 1.82) is 0 Å². The molecule has 1 aromatic heterocycles. The predicted molar refractivity (Wildman–Crippen MR) is 121 cm³/mol. The lowest BCUT2D eigenvalue weighted by Crippen LogP contribution is -2.56. The molecular weight excluding hydrogens is 427 g/mol. The van der Waals surface area contributed by atoms with Crippen molar-refractivity contribution in [1.82, 2.24) is 15.8 Å². The lowest BCUT2D eigenvalue weighted by atomic mass is 9.74. The first-order chi connectivity index (χ1) is 15.7. The van der Waals surface area contributed by atoms with Gasteiger partial charge >= 0.3 is 7.12 Å². The Morgan fingerprint density at radius 2 is 1.97 bits per heavy atom. The minimum Gasteiger partial charge on any atom is -0.426 e. The summed E-state index contributed by atoms with van der Waals surface area (Å²) in [5.74, 6) is -1.59. The predicted octanol–water partition coefficient (Wildman–Crippen LogP) is 1.01. The average Bonchev–Trinajstić information content (AvgIpc) is 3.39. The Balaban J connectivity index is 1.73. The summed E-state index contributed by atoms with van der Waals surface area (Å²) in [4.78, 5) is 31.4. The number of nitrogens with zero attached hydrogens (tertiary/aromatic N) is 2. The number of aryl methyl sites for hydroxylation is 1. The van der Waals surface area contributed by atoms with Crippen LogP contribution in [0.5, 0.6) is 0 Å². The number of amides is 2. The molecule has 0 saturated carbocycles. The van der Waals surface area contributed by atoms with Crippen LogP contribution in [-0.4, -0.2) is 57.9 Å². The first kappa shape index (κ1) is 24.5. The number of hydrogen-bond donors (Lipinski definition) is 4. The molecule has 0 saturated heterocycles. The van der Waals surface area contributed by atoms with E-state index in [0.717, 1.165) is 5.56 Å². The van der Waals surface area contributed by atoms with Crippen LogP contribution in [0, 0.1) is 12.8 Å². The fourth-order valence-corrected chi connectivity index (χ4v) is 3.71. The molecule has 0 radical (unpaired) electrons.